The molecule has 1 fully saturated rings. The van der Waals surface area contributed by atoms with Crippen molar-refractivity contribution in [2.75, 3.05) is 0 Å². The number of carbonyl (C=O) groups excluding carboxylic acids is 1. The summed E-state index contributed by atoms with van der Waals surface area (Å²) in [7, 11) is 0. The van der Waals surface area contributed by atoms with Gasteiger partial charge in [-0.2, -0.15) is 0 Å². The number of allylic oxidation sites excluding steroid dienone is 2. The zero-order valence-corrected chi connectivity index (χ0v) is 10.3. The van der Waals surface area contributed by atoms with Crippen molar-refractivity contribution < 1.29 is 9.53 Å². The third-order valence-electron chi connectivity index (χ3n) is 4.11. The minimum Gasteiger partial charge on any atom is -0.475 e. The van der Waals surface area contributed by atoms with E-state index in [0.29, 0.717) is 0 Å². The van der Waals surface area contributed by atoms with Gasteiger partial charge < -0.3 is 4.74 Å². The van der Waals surface area contributed by atoms with Crippen molar-refractivity contribution in [1.29, 1.82) is 0 Å². The Kier molecular flexibility index (Phi) is 2.09. The van der Waals surface area contributed by atoms with Gasteiger partial charge in [-0.1, -0.05) is 0 Å². The lowest BCUT2D eigenvalue weighted by molar-refractivity contribution is -0.110. The number of nitrogens with zero attached hydrogens (tertiary/aromatic N) is 1. The van der Waals surface area contributed by atoms with E-state index in [-0.39, 0.29) is 16.9 Å². The van der Waals surface area contributed by atoms with Crippen LogP contribution in [-0.4, -0.2) is 22.8 Å². The van der Waals surface area contributed by atoms with Crippen molar-refractivity contribution in [3.8, 4) is 0 Å². The van der Waals surface area contributed by atoms with E-state index in [9.17, 15) is 4.79 Å². The second-order valence-electron chi connectivity index (χ2n) is 5.51. The van der Waals surface area contributed by atoms with Gasteiger partial charge in [-0.05, 0) is 56.4 Å². The van der Waals surface area contributed by atoms with Gasteiger partial charge in [0.25, 0.3) is 0 Å². The Morgan fingerprint density at radius 2 is 2.18 bits per heavy atom. The molecule has 0 radical (unpaired) electrons. The van der Waals surface area contributed by atoms with Gasteiger partial charge in [0.05, 0.1) is 0 Å². The van der Waals surface area contributed by atoms with Crippen LogP contribution in [0.4, 0.5) is 0 Å². The summed E-state index contributed by atoms with van der Waals surface area (Å²) in [6.45, 7) is 4.06. The van der Waals surface area contributed by atoms with Crippen molar-refractivity contribution in [3.63, 3.8) is 0 Å². The molecule has 0 aromatic carbocycles. The zero-order chi connectivity index (χ0) is 12.1. The van der Waals surface area contributed by atoms with Crippen LogP contribution < -0.4 is 0 Å². The first-order chi connectivity index (χ1) is 8.01. The quantitative estimate of drug-likeness (QED) is 0.642. The second-order valence-corrected chi connectivity index (χ2v) is 5.51. The Labute approximate surface area is 101 Å². The maximum absolute atomic E-state index is 11.5. The van der Waals surface area contributed by atoms with Gasteiger partial charge in [0, 0.05) is 6.92 Å². The van der Waals surface area contributed by atoms with Gasteiger partial charge in [-0.3, -0.25) is 4.79 Å². The highest BCUT2D eigenvalue weighted by Crippen LogP contribution is 2.45. The molecule has 1 saturated carbocycles. The van der Waals surface area contributed by atoms with Crippen LogP contribution >= 0.6 is 0 Å². The number of ketones is 1. The maximum atomic E-state index is 11.5. The second kappa shape index (κ2) is 3.31. The number of fused-ring (bicyclic) bond motifs is 2. The normalized spacial score (nSPS) is 39.8. The van der Waals surface area contributed by atoms with E-state index < -0.39 is 0 Å². The molecule has 2 aliphatic carbocycles. The molecule has 3 aliphatic rings. The van der Waals surface area contributed by atoms with Gasteiger partial charge in [-0.15, -0.1) is 0 Å². The summed E-state index contributed by atoms with van der Waals surface area (Å²) in [4.78, 5) is 16.2. The first-order valence-corrected chi connectivity index (χ1v) is 6.21. The zero-order valence-electron chi connectivity index (χ0n) is 10.3. The molecule has 0 amide bonds. The van der Waals surface area contributed by atoms with E-state index in [1.165, 1.54) is 0 Å². The summed E-state index contributed by atoms with van der Waals surface area (Å²) < 4.78 is 5.94. The topological polar surface area (TPSA) is 38.7 Å². The highest BCUT2D eigenvalue weighted by molar-refractivity contribution is 6.01. The molecule has 1 aliphatic heterocycles. The molecule has 3 rings (SSSR count). The van der Waals surface area contributed by atoms with Crippen LogP contribution in [0.25, 0.3) is 0 Å². The van der Waals surface area contributed by atoms with E-state index >= 15 is 0 Å². The van der Waals surface area contributed by atoms with Gasteiger partial charge in [0.2, 0.25) is 0 Å². The molecule has 0 aromatic rings. The molecule has 3 nitrogen and oxygen atoms in total. The molecule has 0 aromatic heterocycles. The standard InChI is InChI=1S/C14H17NO2/c1-10-15-14-6-4-12(16)9-11(14)3-5-13(2,17-10)7-8-14/h4,6,9H,3,5,7-8H2,1-2H3/t13-,14-/m0/s1. The van der Waals surface area contributed by atoms with Crippen molar-refractivity contribution in [1.82, 2.24) is 0 Å². The fourth-order valence-electron chi connectivity index (χ4n) is 3.11. The van der Waals surface area contributed by atoms with E-state index in [2.05, 4.69) is 6.92 Å². The number of rotatable bonds is 0. The molecule has 3 heteroatoms. The average Bonchev–Trinajstić information content (AvgIpc) is 2.46. The monoisotopic (exact) mass is 231 g/mol. The molecular formula is C14H17NO2. The van der Waals surface area contributed by atoms with E-state index in [1.54, 1.807) is 12.2 Å². The number of aliphatic imine (C=N–C) groups is 1. The molecule has 0 unspecified atom stereocenters. The Balaban J connectivity index is 2.14. The maximum Gasteiger partial charge on any atom is 0.181 e. The minimum absolute atomic E-state index is 0.0913. The third kappa shape index (κ3) is 1.65. The first-order valence-electron chi connectivity index (χ1n) is 6.21. The third-order valence-corrected chi connectivity index (χ3v) is 4.11. The molecule has 1 heterocycles. The number of ether oxygens (including phenoxy) is 1. The van der Waals surface area contributed by atoms with E-state index in [1.807, 2.05) is 13.0 Å². The van der Waals surface area contributed by atoms with Crippen molar-refractivity contribution in [2.24, 2.45) is 4.99 Å². The van der Waals surface area contributed by atoms with Crippen LogP contribution in [0.5, 0.6) is 0 Å². The summed E-state index contributed by atoms with van der Waals surface area (Å²) in [6.07, 6.45) is 9.19. The van der Waals surface area contributed by atoms with Crippen LogP contribution in [0.1, 0.15) is 39.5 Å². The summed E-state index contributed by atoms with van der Waals surface area (Å²) in [6, 6.07) is 0. The Bertz CT molecular complexity index is 475. The molecule has 17 heavy (non-hydrogen) atoms. The van der Waals surface area contributed by atoms with Crippen LogP contribution in [0.15, 0.2) is 28.8 Å². The highest BCUT2D eigenvalue weighted by atomic mass is 16.5. The van der Waals surface area contributed by atoms with Crippen LogP contribution in [0, 0.1) is 0 Å². The summed E-state index contributed by atoms with van der Waals surface area (Å²) >= 11 is 0. The summed E-state index contributed by atoms with van der Waals surface area (Å²) in [5, 5.41) is 0. The van der Waals surface area contributed by atoms with Crippen LogP contribution in [-0.2, 0) is 9.53 Å². The van der Waals surface area contributed by atoms with E-state index in [4.69, 9.17) is 9.73 Å². The lowest BCUT2D eigenvalue weighted by atomic mass is 9.81. The van der Waals surface area contributed by atoms with Crippen molar-refractivity contribution in [3.05, 3.63) is 23.8 Å². The van der Waals surface area contributed by atoms with Gasteiger partial charge in [-0.25, -0.2) is 4.99 Å². The lowest BCUT2D eigenvalue weighted by Gasteiger charge is -2.31. The van der Waals surface area contributed by atoms with E-state index in [0.717, 1.165) is 37.2 Å². The molecular weight excluding hydrogens is 214 g/mol. The fourth-order valence-corrected chi connectivity index (χ4v) is 3.11. The minimum atomic E-state index is -0.299. The lowest BCUT2D eigenvalue weighted by Crippen LogP contribution is -2.31. The average molecular weight is 231 g/mol. The molecule has 0 N–H and O–H groups in total. The molecule has 90 valence electrons. The predicted octanol–water partition coefficient (Wildman–Crippen LogP) is 2.57. The molecule has 2 bridgehead atoms. The largest absolute Gasteiger partial charge is 0.475 e. The van der Waals surface area contributed by atoms with Crippen molar-refractivity contribution in [2.45, 2.75) is 50.7 Å². The van der Waals surface area contributed by atoms with Crippen molar-refractivity contribution >= 4 is 11.7 Å². The smallest absolute Gasteiger partial charge is 0.181 e. The summed E-state index contributed by atoms with van der Waals surface area (Å²) in [5.41, 5.74) is 0.745. The molecule has 0 saturated heterocycles. The predicted molar refractivity (Wildman–Crippen MR) is 66.0 cm³/mol. The molecule has 1 spiro atoms. The number of hydrogen-bond acceptors (Lipinski definition) is 3. The Morgan fingerprint density at radius 1 is 1.35 bits per heavy atom. The summed E-state index contributed by atoms with van der Waals surface area (Å²) in [5.74, 6) is 0.836. The Morgan fingerprint density at radius 3 is 3.00 bits per heavy atom. The van der Waals surface area contributed by atoms with Crippen LogP contribution in [0.2, 0.25) is 0 Å². The SMILES string of the molecule is CC1=N[C@]23C=CC(=O)C=C2CC[C@@](C)(CC3)O1. The fraction of sp³-hybridized carbons (Fsp3) is 0.571. The van der Waals surface area contributed by atoms with Crippen LogP contribution in [0.3, 0.4) is 0 Å². The van der Waals surface area contributed by atoms with Gasteiger partial charge in [0.15, 0.2) is 11.7 Å². The number of carbonyl (C=O) groups is 1. The number of hydrogen-bond donors (Lipinski definition) is 0. The highest BCUT2D eigenvalue weighted by Gasteiger charge is 2.44. The van der Waals surface area contributed by atoms with Gasteiger partial charge >= 0.3 is 0 Å². The first kappa shape index (κ1) is 10.8. The molecule has 2 atom stereocenters. The Hall–Kier alpha value is -1.38. The van der Waals surface area contributed by atoms with Gasteiger partial charge in [0.1, 0.15) is 11.1 Å².